The summed E-state index contributed by atoms with van der Waals surface area (Å²) in [5.74, 6) is -0.283. The van der Waals surface area contributed by atoms with Crippen molar-refractivity contribution in [2.45, 2.75) is 39.2 Å². The lowest BCUT2D eigenvalue weighted by Crippen LogP contribution is -2.18. The summed E-state index contributed by atoms with van der Waals surface area (Å²) in [6, 6.07) is 4.99. The number of nitrogens with two attached hydrogens (primary N) is 1. The molecule has 0 spiro atoms. The summed E-state index contributed by atoms with van der Waals surface area (Å²) in [7, 11) is 0. The normalized spacial score (nSPS) is 23.3. The molecule has 2 nitrogen and oxygen atoms in total. The molecule has 1 aliphatic carbocycles. The van der Waals surface area contributed by atoms with Crippen molar-refractivity contribution in [1.82, 2.24) is 0 Å². The lowest BCUT2D eigenvalue weighted by Gasteiger charge is -2.19. The number of benzene rings is 1. The highest BCUT2D eigenvalue weighted by Crippen LogP contribution is 2.38. The summed E-state index contributed by atoms with van der Waals surface area (Å²) < 4.78 is 12.9. The molecule has 0 aromatic heterocycles. The molecule has 2 rings (SSSR count). The van der Waals surface area contributed by atoms with Gasteiger partial charge in [-0.15, -0.1) is 0 Å². The van der Waals surface area contributed by atoms with Crippen LogP contribution in [-0.4, -0.2) is 6.04 Å². The van der Waals surface area contributed by atoms with Crippen molar-refractivity contribution in [3.05, 3.63) is 24.0 Å². The first-order valence-electron chi connectivity index (χ1n) is 5.78. The molecular weight excluding hydrogens is 203 g/mol. The molecular formula is C13H19FN2. The molecule has 0 aliphatic heterocycles. The summed E-state index contributed by atoms with van der Waals surface area (Å²) in [5, 5.41) is 3.40. The highest BCUT2D eigenvalue weighted by atomic mass is 19.1. The lowest BCUT2D eigenvalue weighted by molar-refractivity contribution is 0.378. The first-order valence-corrected chi connectivity index (χ1v) is 5.78. The third-order valence-corrected chi connectivity index (χ3v) is 3.34. The maximum absolute atomic E-state index is 12.9. The Morgan fingerprint density at radius 2 is 2.19 bits per heavy atom. The highest BCUT2D eigenvalue weighted by molar-refractivity contribution is 5.66. The zero-order chi connectivity index (χ0) is 11.8. The van der Waals surface area contributed by atoms with E-state index in [0.717, 1.165) is 18.5 Å². The molecule has 88 valence electrons. The predicted octanol–water partition coefficient (Wildman–Crippen LogP) is 3.40. The van der Waals surface area contributed by atoms with Crippen LogP contribution in [0.2, 0.25) is 0 Å². The summed E-state index contributed by atoms with van der Waals surface area (Å²) in [5.41, 5.74) is 7.52. The number of halogens is 1. The van der Waals surface area contributed by atoms with Gasteiger partial charge in [-0.1, -0.05) is 13.8 Å². The Morgan fingerprint density at radius 3 is 2.75 bits per heavy atom. The van der Waals surface area contributed by atoms with Crippen LogP contribution in [0.4, 0.5) is 15.8 Å². The predicted molar refractivity (Wildman–Crippen MR) is 65.9 cm³/mol. The minimum atomic E-state index is -0.283. The Bertz CT molecular complexity index is 388. The van der Waals surface area contributed by atoms with Crippen LogP contribution in [-0.2, 0) is 0 Å². The smallest absolute Gasteiger partial charge is 0.125 e. The molecule has 1 saturated carbocycles. The van der Waals surface area contributed by atoms with Gasteiger partial charge in [-0.05, 0) is 42.9 Å². The molecule has 1 fully saturated rings. The molecule has 0 saturated heterocycles. The van der Waals surface area contributed by atoms with E-state index in [1.165, 1.54) is 18.6 Å². The van der Waals surface area contributed by atoms with Gasteiger partial charge >= 0.3 is 0 Å². The van der Waals surface area contributed by atoms with Crippen LogP contribution in [0.15, 0.2) is 18.2 Å². The topological polar surface area (TPSA) is 38.0 Å². The Labute approximate surface area is 96.0 Å². The first-order chi connectivity index (χ1) is 7.46. The second-order valence-corrected chi connectivity index (χ2v) is 5.48. The van der Waals surface area contributed by atoms with Gasteiger partial charge < -0.3 is 11.1 Å². The molecule has 0 radical (unpaired) electrons. The largest absolute Gasteiger partial charge is 0.397 e. The van der Waals surface area contributed by atoms with Gasteiger partial charge in [0, 0.05) is 6.04 Å². The fourth-order valence-electron chi connectivity index (χ4n) is 2.44. The van der Waals surface area contributed by atoms with E-state index in [9.17, 15) is 4.39 Å². The van der Waals surface area contributed by atoms with E-state index in [0.29, 0.717) is 17.1 Å². The second-order valence-electron chi connectivity index (χ2n) is 5.48. The monoisotopic (exact) mass is 222 g/mol. The fourth-order valence-corrected chi connectivity index (χ4v) is 2.44. The summed E-state index contributed by atoms with van der Waals surface area (Å²) in [6.45, 7) is 4.56. The zero-order valence-electron chi connectivity index (χ0n) is 9.89. The number of hydrogen-bond acceptors (Lipinski definition) is 2. The molecule has 0 amide bonds. The molecule has 3 heteroatoms. The average Bonchev–Trinajstić information content (AvgIpc) is 2.51. The van der Waals surface area contributed by atoms with Crippen molar-refractivity contribution in [1.29, 1.82) is 0 Å². The van der Waals surface area contributed by atoms with Crippen LogP contribution in [0, 0.1) is 11.2 Å². The van der Waals surface area contributed by atoms with E-state index in [4.69, 9.17) is 5.73 Å². The third kappa shape index (κ3) is 2.46. The van der Waals surface area contributed by atoms with Gasteiger partial charge in [-0.2, -0.15) is 0 Å². The van der Waals surface area contributed by atoms with E-state index >= 15 is 0 Å². The van der Waals surface area contributed by atoms with Crippen LogP contribution in [0.5, 0.6) is 0 Å². The van der Waals surface area contributed by atoms with E-state index in [1.54, 1.807) is 6.07 Å². The van der Waals surface area contributed by atoms with Crippen LogP contribution in [0.1, 0.15) is 33.1 Å². The van der Waals surface area contributed by atoms with E-state index in [1.807, 2.05) is 0 Å². The standard InChI is InChI=1S/C13H19FN2/c1-13(2)6-5-10(8-13)16-12-4-3-9(14)7-11(12)15/h3-4,7,10,16H,5-6,8,15H2,1-2H3. The molecule has 16 heavy (non-hydrogen) atoms. The molecule has 3 N–H and O–H groups in total. The minimum Gasteiger partial charge on any atom is -0.397 e. The van der Waals surface area contributed by atoms with Crippen molar-refractivity contribution in [3.63, 3.8) is 0 Å². The molecule has 0 heterocycles. The summed E-state index contributed by atoms with van der Waals surface area (Å²) in [6.07, 6.45) is 3.53. The third-order valence-electron chi connectivity index (χ3n) is 3.34. The Morgan fingerprint density at radius 1 is 1.44 bits per heavy atom. The van der Waals surface area contributed by atoms with Crippen molar-refractivity contribution in [3.8, 4) is 0 Å². The lowest BCUT2D eigenvalue weighted by atomic mass is 9.92. The van der Waals surface area contributed by atoms with Gasteiger partial charge in [0.25, 0.3) is 0 Å². The van der Waals surface area contributed by atoms with E-state index in [2.05, 4.69) is 19.2 Å². The number of rotatable bonds is 2. The number of anilines is 2. The Hall–Kier alpha value is -1.25. The van der Waals surface area contributed by atoms with Gasteiger partial charge in [-0.3, -0.25) is 0 Å². The van der Waals surface area contributed by atoms with Crippen molar-refractivity contribution < 1.29 is 4.39 Å². The second kappa shape index (κ2) is 3.96. The number of hydrogen-bond donors (Lipinski definition) is 2. The quantitative estimate of drug-likeness (QED) is 0.753. The van der Waals surface area contributed by atoms with Crippen LogP contribution in [0.3, 0.4) is 0 Å². The Balaban J connectivity index is 2.05. The van der Waals surface area contributed by atoms with Gasteiger partial charge in [-0.25, -0.2) is 4.39 Å². The zero-order valence-corrected chi connectivity index (χ0v) is 9.89. The molecule has 1 aromatic rings. The number of nitrogen functional groups attached to an aromatic ring is 1. The van der Waals surface area contributed by atoms with Gasteiger partial charge in [0.2, 0.25) is 0 Å². The fraction of sp³-hybridized carbons (Fsp3) is 0.538. The Kier molecular flexibility index (Phi) is 2.78. The average molecular weight is 222 g/mol. The van der Waals surface area contributed by atoms with Crippen LogP contribution < -0.4 is 11.1 Å². The summed E-state index contributed by atoms with van der Waals surface area (Å²) >= 11 is 0. The van der Waals surface area contributed by atoms with Gasteiger partial charge in [0.1, 0.15) is 5.82 Å². The van der Waals surface area contributed by atoms with Gasteiger partial charge in [0.05, 0.1) is 11.4 Å². The van der Waals surface area contributed by atoms with Crippen LogP contribution >= 0.6 is 0 Å². The van der Waals surface area contributed by atoms with E-state index < -0.39 is 0 Å². The van der Waals surface area contributed by atoms with Crippen molar-refractivity contribution in [2.24, 2.45) is 5.41 Å². The molecule has 1 aliphatic rings. The minimum absolute atomic E-state index is 0.283. The van der Waals surface area contributed by atoms with Crippen LogP contribution in [0.25, 0.3) is 0 Å². The SMILES string of the molecule is CC1(C)CCC(Nc2ccc(F)cc2N)C1. The van der Waals surface area contributed by atoms with Crippen molar-refractivity contribution in [2.75, 3.05) is 11.1 Å². The van der Waals surface area contributed by atoms with E-state index in [-0.39, 0.29) is 5.82 Å². The summed E-state index contributed by atoms with van der Waals surface area (Å²) in [4.78, 5) is 0. The molecule has 0 bridgehead atoms. The molecule has 1 unspecified atom stereocenters. The first kappa shape index (κ1) is 11.2. The maximum atomic E-state index is 12.9. The van der Waals surface area contributed by atoms with Crippen molar-refractivity contribution >= 4 is 11.4 Å². The number of nitrogens with one attached hydrogen (secondary N) is 1. The highest BCUT2D eigenvalue weighted by Gasteiger charge is 2.30. The van der Waals surface area contributed by atoms with Gasteiger partial charge in [0.15, 0.2) is 0 Å². The molecule has 1 aromatic carbocycles. The molecule has 1 atom stereocenters. The maximum Gasteiger partial charge on any atom is 0.125 e.